The Kier molecular flexibility index (Phi) is 5.75. The van der Waals surface area contributed by atoms with Crippen LogP contribution in [0.3, 0.4) is 0 Å². The van der Waals surface area contributed by atoms with E-state index in [-0.39, 0.29) is 12.2 Å². The zero-order valence-corrected chi connectivity index (χ0v) is 17.0. The van der Waals surface area contributed by atoms with Crippen LogP contribution < -0.4 is 4.72 Å². The number of halogens is 3. The number of nitrogens with one attached hydrogen (secondary N) is 2. The second kappa shape index (κ2) is 7.92. The quantitative estimate of drug-likeness (QED) is 0.511. The number of rotatable bonds is 7. The number of pyridine rings is 1. The molecule has 0 aliphatic carbocycles. The molecule has 0 fully saturated rings. The van der Waals surface area contributed by atoms with Gasteiger partial charge in [0.15, 0.2) is 17.2 Å². The molecule has 0 unspecified atom stereocenters. The fourth-order valence-corrected chi connectivity index (χ4v) is 4.17. The number of carbonyl (C=O) groups excluding carboxylic acids is 1. The van der Waals surface area contributed by atoms with E-state index in [0.29, 0.717) is 27.6 Å². The van der Waals surface area contributed by atoms with Gasteiger partial charge in [-0.2, -0.15) is 5.10 Å². The molecule has 3 rings (SSSR count). The predicted octanol–water partition coefficient (Wildman–Crippen LogP) is 3.58. The summed E-state index contributed by atoms with van der Waals surface area (Å²) < 4.78 is 55.2. The van der Waals surface area contributed by atoms with E-state index in [0.717, 1.165) is 12.1 Å². The highest BCUT2D eigenvalue weighted by molar-refractivity contribution is 9.10. The zero-order valence-electron chi connectivity index (χ0n) is 14.6. The lowest BCUT2D eigenvalue weighted by molar-refractivity contribution is 0.0985. The highest BCUT2D eigenvalue weighted by Crippen LogP contribution is 2.25. The van der Waals surface area contributed by atoms with Crippen LogP contribution in [0, 0.1) is 11.6 Å². The summed E-state index contributed by atoms with van der Waals surface area (Å²) in [5.74, 6) is -3.38. The number of carbonyl (C=O) groups is 1. The van der Waals surface area contributed by atoms with E-state index in [4.69, 9.17) is 0 Å². The number of hydrogen-bond acceptors (Lipinski definition) is 5. The van der Waals surface area contributed by atoms with E-state index in [1.165, 1.54) is 6.20 Å². The lowest BCUT2D eigenvalue weighted by Crippen LogP contribution is -2.19. The summed E-state index contributed by atoms with van der Waals surface area (Å²) in [7, 11) is -3.79. The molecule has 2 N–H and O–H groups in total. The molecule has 1 aromatic carbocycles. The van der Waals surface area contributed by atoms with E-state index in [2.05, 4.69) is 31.1 Å². The van der Waals surface area contributed by atoms with E-state index in [9.17, 15) is 22.0 Å². The van der Waals surface area contributed by atoms with Gasteiger partial charge in [-0.1, -0.05) is 6.92 Å². The molecule has 0 radical (unpaired) electrons. The van der Waals surface area contributed by atoms with Crippen molar-refractivity contribution < 1.29 is 22.0 Å². The van der Waals surface area contributed by atoms with E-state index >= 15 is 0 Å². The van der Waals surface area contributed by atoms with Gasteiger partial charge in [0.25, 0.3) is 0 Å². The van der Waals surface area contributed by atoms with Gasteiger partial charge in [0.05, 0.1) is 22.4 Å². The lowest BCUT2D eigenvalue weighted by atomic mass is 10.0. The van der Waals surface area contributed by atoms with Crippen molar-refractivity contribution in [2.24, 2.45) is 0 Å². The van der Waals surface area contributed by atoms with Crippen molar-refractivity contribution in [1.82, 2.24) is 15.2 Å². The topological polar surface area (TPSA) is 105 Å². The minimum Gasteiger partial charge on any atom is -0.294 e. The Morgan fingerprint density at radius 1 is 1.32 bits per heavy atom. The number of aromatic amines is 1. The third kappa shape index (κ3) is 4.20. The molecule has 3 aromatic rings. The Morgan fingerprint density at radius 3 is 2.79 bits per heavy atom. The van der Waals surface area contributed by atoms with Crippen LogP contribution in [0.2, 0.25) is 0 Å². The van der Waals surface area contributed by atoms with Crippen molar-refractivity contribution in [1.29, 1.82) is 0 Å². The summed E-state index contributed by atoms with van der Waals surface area (Å²) >= 11 is 3.26. The van der Waals surface area contributed by atoms with Crippen molar-refractivity contribution >= 4 is 48.5 Å². The maximum absolute atomic E-state index is 14.7. The van der Waals surface area contributed by atoms with Crippen molar-refractivity contribution in [3.63, 3.8) is 0 Å². The zero-order chi connectivity index (χ0) is 20.5. The normalized spacial score (nSPS) is 11.7. The number of anilines is 1. The lowest BCUT2D eigenvalue weighted by Gasteiger charge is -2.11. The molecule has 0 atom stereocenters. The van der Waals surface area contributed by atoms with Crippen molar-refractivity contribution in [3.05, 3.63) is 51.8 Å². The van der Waals surface area contributed by atoms with Crippen LogP contribution in [-0.4, -0.2) is 35.1 Å². The predicted molar refractivity (Wildman–Crippen MR) is 104 cm³/mol. The third-order valence-electron chi connectivity index (χ3n) is 3.89. The maximum Gasteiger partial charge on any atom is 0.232 e. The second-order valence-electron chi connectivity index (χ2n) is 6.06. The summed E-state index contributed by atoms with van der Waals surface area (Å²) in [6.07, 6.45) is 1.39. The minimum absolute atomic E-state index is 0.224. The molecule has 0 aliphatic heterocycles. The first-order chi connectivity index (χ1) is 13.2. The Morgan fingerprint density at radius 2 is 2.07 bits per heavy atom. The number of sulfonamides is 1. The van der Waals surface area contributed by atoms with Gasteiger partial charge in [-0.05, 0) is 46.1 Å². The first-order valence-electron chi connectivity index (χ1n) is 8.22. The van der Waals surface area contributed by atoms with E-state index in [1.807, 2.05) is 4.72 Å². The molecule has 2 heterocycles. The summed E-state index contributed by atoms with van der Waals surface area (Å²) in [6.45, 7) is 1.65. The summed E-state index contributed by atoms with van der Waals surface area (Å²) in [4.78, 5) is 16.6. The number of hydrogen-bond donors (Lipinski definition) is 2. The Bertz CT molecular complexity index is 1160. The largest absolute Gasteiger partial charge is 0.294 e. The number of nitrogens with zero attached hydrogens (tertiary/aromatic N) is 2. The number of H-pyrrole nitrogens is 1. The first kappa shape index (κ1) is 20.3. The van der Waals surface area contributed by atoms with Gasteiger partial charge in [-0.3, -0.25) is 14.6 Å². The number of Topliss-reactive ketones (excluding diaryl/α,β-unsaturated/α-hetero) is 1. The standard InChI is InChI=1S/C17H15BrF2N4O3S/c1-2-5-28(26,27)24-12-4-3-11(19)14(15(12)20)13(25)7-9-6-10-16(18)22-23-17(10)21-8-9/h3-4,6,8,24H,2,5,7H2,1H3,(H,21,22,23). The first-order valence-corrected chi connectivity index (χ1v) is 10.7. The number of ketones is 1. The average Bonchev–Trinajstić information content (AvgIpc) is 2.98. The van der Waals surface area contributed by atoms with Crippen molar-refractivity contribution in [2.45, 2.75) is 19.8 Å². The smallest absolute Gasteiger partial charge is 0.232 e. The van der Waals surface area contributed by atoms with E-state index in [1.54, 1.807) is 13.0 Å². The van der Waals surface area contributed by atoms with Gasteiger partial charge in [0.1, 0.15) is 10.4 Å². The molecule has 0 amide bonds. The van der Waals surface area contributed by atoms with Gasteiger partial charge in [0.2, 0.25) is 10.0 Å². The molecule has 0 spiro atoms. The van der Waals surface area contributed by atoms with Crippen LogP contribution in [-0.2, 0) is 16.4 Å². The molecule has 0 aliphatic rings. The average molecular weight is 473 g/mol. The van der Waals surface area contributed by atoms with Gasteiger partial charge < -0.3 is 0 Å². The van der Waals surface area contributed by atoms with Crippen LogP contribution in [0.1, 0.15) is 29.3 Å². The SMILES string of the molecule is CCCS(=O)(=O)Nc1ccc(F)c(C(=O)Cc2cnc3n[nH]c(Br)c3c2)c1F. The van der Waals surface area contributed by atoms with Gasteiger partial charge in [-0.15, -0.1) is 0 Å². The molecular weight excluding hydrogens is 458 g/mol. The van der Waals surface area contributed by atoms with Crippen molar-refractivity contribution in [3.8, 4) is 0 Å². The fraction of sp³-hybridized carbons (Fsp3) is 0.235. The highest BCUT2D eigenvalue weighted by atomic mass is 79.9. The van der Waals surface area contributed by atoms with Crippen LogP contribution in [0.15, 0.2) is 29.0 Å². The molecular formula is C17H15BrF2N4O3S. The third-order valence-corrected chi connectivity index (χ3v) is 5.97. The Hall–Kier alpha value is -2.40. The van der Waals surface area contributed by atoms with Gasteiger partial charge >= 0.3 is 0 Å². The summed E-state index contributed by atoms with van der Waals surface area (Å²) in [5.41, 5.74) is -0.421. The molecule has 2 aromatic heterocycles. The summed E-state index contributed by atoms with van der Waals surface area (Å²) in [6, 6.07) is 3.43. The molecule has 11 heteroatoms. The molecule has 0 saturated heterocycles. The number of aromatic nitrogens is 3. The van der Waals surface area contributed by atoms with Gasteiger partial charge in [-0.25, -0.2) is 22.2 Å². The Labute approximate surface area is 167 Å². The molecule has 28 heavy (non-hydrogen) atoms. The Balaban J connectivity index is 1.92. The van der Waals surface area contributed by atoms with Crippen LogP contribution in [0.25, 0.3) is 11.0 Å². The number of benzene rings is 1. The molecule has 0 saturated carbocycles. The van der Waals surface area contributed by atoms with Crippen LogP contribution in [0.5, 0.6) is 0 Å². The molecule has 0 bridgehead atoms. The van der Waals surface area contributed by atoms with Crippen LogP contribution in [0.4, 0.5) is 14.5 Å². The van der Waals surface area contributed by atoms with Gasteiger partial charge in [0, 0.05) is 12.6 Å². The molecule has 148 valence electrons. The maximum atomic E-state index is 14.7. The van der Waals surface area contributed by atoms with E-state index < -0.39 is 38.7 Å². The monoisotopic (exact) mass is 472 g/mol. The highest BCUT2D eigenvalue weighted by Gasteiger charge is 2.23. The van der Waals surface area contributed by atoms with Crippen LogP contribution >= 0.6 is 15.9 Å². The summed E-state index contributed by atoms with van der Waals surface area (Å²) in [5, 5.41) is 7.23. The van der Waals surface area contributed by atoms with Crippen molar-refractivity contribution in [2.75, 3.05) is 10.5 Å². The number of fused-ring (bicyclic) bond motifs is 1. The fourth-order valence-electron chi connectivity index (χ4n) is 2.66. The minimum atomic E-state index is -3.79. The second-order valence-corrected chi connectivity index (χ2v) is 8.69. The molecule has 7 nitrogen and oxygen atoms in total.